The number of nitrogens with zero attached hydrogens (tertiary/aromatic N) is 4. The van der Waals surface area contributed by atoms with E-state index in [2.05, 4.69) is 22.0 Å². The van der Waals surface area contributed by atoms with Gasteiger partial charge in [-0.3, -0.25) is 14.5 Å². The van der Waals surface area contributed by atoms with Crippen molar-refractivity contribution in [1.82, 2.24) is 19.7 Å². The topological polar surface area (TPSA) is 72.2 Å². The first kappa shape index (κ1) is 20.0. The number of nitrogens with one attached hydrogen (secondary N) is 1. The van der Waals surface area contributed by atoms with Gasteiger partial charge in [0, 0.05) is 48.7 Å². The summed E-state index contributed by atoms with van der Waals surface area (Å²) in [7, 11) is 1.99. The molecule has 2 aromatic heterocycles. The summed E-state index contributed by atoms with van der Waals surface area (Å²) in [6, 6.07) is 15.9. The van der Waals surface area contributed by atoms with Crippen molar-refractivity contribution in [3.8, 4) is 11.3 Å². The fourth-order valence-corrected chi connectivity index (χ4v) is 4.10. The number of aryl methyl sites for hydroxylation is 2. The first-order chi connectivity index (χ1) is 15.5. The van der Waals surface area contributed by atoms with Crippen LogP contribution in [0.4, 0.5) is 10.2 Å². The molecule has 32 heavy (non-hydrogen) atoms. The van der Waals surface area contributed by atoms with Crippen LogP contribution in [0.5, 0.6) is 0 Å². The Morgan fingerprint density at radius 1 is 1.16 bits per heavy atom. The summed E-state index contributed by atoms with van der Waals surface area (Å²) in [5.74, 6) is -0.113. The van der Waals surface area contributed by atoms with Crippen molar-refractivity contribution < 1.29 is 14.0 Å². The molecule has 162 valence electrons. The molecule has 0 radical (unpaired) electrons. The van der Waals surface area contributed by atoms with Crippen molar-refractivity contribution in [2.24, 2.45) is 7.05 Å². The van der Waals surface area contributed by atoms with Crippen molar-refractivity contribution in [2.45, 2.75) is 19.5 Å². The number of aromatic nitrogens is 3. The maximum Gasteiger partial charge on any atom is 0.240 e. The van der Waals surface area contributed by atoms with Crippen LogP contribution in [-0.2, 0) is 29.7 Å². The average molecular weight is 431 g/mol. The maximum atomic E-state index is 13.0. The fraction of sp³-hybridized carbons (Fsp3) is 0.208. The van der Waals surface area contributed by atoms with E-state index < -0.39 is 0 Å². The molecule has 2 amide bonds. The molecule has 8 heteroatoms. The lowest BCUT2D eigenvalue weighted by Crippen LogP contribution is -2.44. The van der Waals surface area contributed by atoms with Gasteiger partial charge >= 0.3 is 0 Å². The molecular weight excluding hydrogens is 409 g/mol. The number of anilines is 1. The molecule has 2 aromatic carbocycles. The molecule has 5 rings (SSSR count). The van der Waals surface area contributed by atoms with Crippen molar-refractivity contribution in [3.63, 3.8) is 0 Å². The Hall–Kier alpha value is -3.94. The zero-order valence-corrected chi connectivity index (χ0v) is 17.6. The summed E-state index contributed by atoms with van der Waals surface area (Å²) in [6.45, 7) is 0.648. The molecule has 3 heterocycles. The second-order valence-corrected chi connectivity index (χ2v) is 7.91. The van der Waals surface area contributed by atoms with Gasteiger partial charge in [-0.05, 0) is 23.8 Å². The van der Waals surface area contributed by atoms with E-state index in [-0.39, 0.29) is 37.1 Å². The van der Waals surface area contributed by atoms with Gasteiger partial charge < -0.3 is 9.88 Å². The predicted molar refractivity (Wildman–Crippen MR) is 119 cm³/mol. The van der Waals surface area contributed by atoms with E-state index in [0.717, 1.165) is 27.7 Å². The SMILES string of the molecule is Cn1cc(-c2cc3n(n2)CCC(=O)N3CC(=O)NCc2ccc(F)cc2)c2ccccc21. The number of carbonyl (C=O) groups excluding carboxylic acids is 2. The van der Waals surface area contributed by atoms with E-state index in [1.165, 1.54) is 17.0 Å². The van der Waals surface area contributed by atoms with E-state index in [4.69, 9.17) is 5.10 Å². The highest BCUT2D eigenvalue weighted by molar-refractivity contribution is 6.00. The number of carbonyl (C=O) groups is 2. The smallest absolute Gasteiger partial charge is 0.240 e. The number of hydrogen-bond acceptors (Lipinski definition) is 3. The Labute approximate surface area is 184 Å². The molecule has 0 atom stereocenters. The Kier molecular flexibility index (Phi) is 4.97. The minimum Gasteiger partial charge on any atom is -0.350 e. The van der Waals surface area contributed by atoms with Crippen LogP contribution < -0.4 is 10.2 Å². The molecule has 7 nitrogen and oxygen atoms in total. The number of benzene rings is 2. The van der Waals surface area contributed by atoms with Crippen LogP contribution in [0.25, 0.3) is 22.2 Å². The molecular formula is C24H22FN5O2. The van der Waals surface area contributed by atoms with Crippen molar-refractivity contribution in [2.75, 3.05) is 11.4 Å². The van der Waals surface area contributed by atoms with Gasteiger partial charge in [0.1, 0.15) is 18.2 Å². The standard InChI is InChI=1S/C24H22FN5O2/c1-28-14-19(18-4-2-3-5-21(18)28)20-12-23-29(24(32)10-11-30(23)27-20)15-22(31)26-13-16-6-8-17(25)9-7-16/h2-9,12,14H,10-11,13,15H2,1H3,(H,26,31). The second-order valence-electron chi connectivity index (χ2n) is 7.91. The normalized spacial score (nSPS) is 13.4. The molecule has 0 fully saturated rings. The average Bonchev–Trinajstić information content (AvgIpc) is 3.37. The molecule has 0 spiro atoms. The van der Waals surface area contributed by atoms with Crippen LogP contribution in [0.2, 0.25) is 0 Å². The van der Waals surface area contributed by atoms with Gasteiger partial charge in [-0.25, -0.2) is 9.07 Å². The predicted octanol–water partition coefficient (Wildman–Crippen LogP) is 3.23. The van der Waals surface area contributed by atoms with Crippen molar-refractivity contribution >= 4 is 28.5 Å². The summed E-state index contributed by atoms with van der Waals surface area (Å²) >= 11 is 0. The third kappa shape index (κ3) is 3.64. The Morgan fingerprint density at radius 2 is 1.94 bits per heavy atom. The summed E-state index contributed by atoms with van der Waals surface area (Å²) in [4.78, 5) is 26.7. The molecule has 1 aliphatic rings. The minimum atomic E-state index is -0.325. The number of halogens is 1. The zero-order valence-electron chi connectivity index (χ0n) is 17.6. The first-order valence-corrected chi connectivity index (χ1v) is 10.4. The third-order valence-corrected chi connectivity index (χ3v) is 5.75. The number of amides is 2. The molecule has 1 N–H and O–H groups in total. The molecule has 0 saturated heterocycles. The quantitative estimate of drug-likeness (QED) is 0.527. The monoisotopic (exact) mass is 431 g/mol. The lowest BCUT2D eigenvalue weighted by Gasteiger charge is -2.26. The van der Waals surface area contributed by atoms with Gasteiger partial charge in [0.2, 0.25) is 11.8 Å². The largest absolute Gasteiger partial charge is 0.350 e. The molecule has 0 bridgehead atoms. The first-order valence-electron chi connectivity index (χ1n) is 10.4. The minimum absolute atomic E-state index is 0.0965. The van der Waals surface area contributed by atoms with Gasteiger partial charge in [-0.1, -0.05) is 30.3 Å². The van der Waals surface area contributed by atoms with Crippen LogP contribution in [-0.4, -0.2) is 32.7 Å². The highest BCUT2D eigenvalue weighted by Gasteiger charge is 2.28. The summed E-state index contributed by atoms with van der Waals surface area (Å²) in [5.41, 5.74) is 3.64. The van der Waals surface area contributed by atoms with Crippen LogP contribution in [0.1, 0.15) is 12.0 Å². The lowest BCUT2D eigenvalue weighted by atomic mass is 10.1. The Balaban J connectivity index is 1.37. The molecule has 4 aromatic rings. The zero-order chi connectivity index (χ0) is 22.2. The van der Waals surface area contributed by atoms with Gasteiger partial charge in [0.25, 0.3) is 0 Å². The summed E-state index contributed by atoms with van der Waals surface area (Å²) in [6.07, 6.45) is 2.31. The van der Waals surface area contributed by atoms with Gasteiger partial charge in [0.05, 0.1) is 12.2 Å². The van der Waals surface area contributed by atoms with Crippen molar-refractivity contribution in [3.05, 3.63) is 72.2 Å². The number of para-hydroxylation sites is 1. The second kappa shape index (κ2) is 7.96. The highest BCUT2D eigenvalue weighted by Crippen LogP contribution is 2.33. The molecule has 0 saturated carbocycles. The van der Waals surface area contributed by atoms with E-state index in [0.29, 0.717) is 12.4 Å². The summed E-state index contributed by atoms with van der Waals surface area (Å²) in [5, 5.41) is 8.60. The van der Waals surface area contributed by atoms with Gasteiger partial charge in [0.15, 0.2) is 0 Å². The molecule has 1 aliphatic heterocycles. The van der Waals surface area contributed by atoms with E-state index in [1.54, 1.807) is 16.8 Å². The fourth-order valence-electron chi connectivity index (χ4n) is 4.10. The van der Waals surface area contributed by atoms with E-state index in [1.807, 2.05) is 31.4 Å². The number of rotatable bonds is 5. The van der Waals surface area contributed by atoms with Crippen LogP contribution >= 0.6 is 0 Å². The number of fused-ring (bicyclic) bond motifs is 2. The van der Waals surface area contributed by atoms with Crippen molar-refractivity contribution in [1.29, 1.82) is 0 Å². The number of hydrogen-bond donors (Lipinski definition) is 1. The van der Waals surface area contributed by atoms with Crippen LogP contribution in [0.3, 0.4) is 0 Å². The van der Waals surface area contributed by atoms with E-state index >= 15 is 0 Å². The van der Waals surface area contributed by atoms with Crippen LogP contribution in [0.15, 0.2) is 60.8 Å². The highest BCUT2D eigenvalue weighted by atomic mass is 19.1. The van der Waals surface area contributed by atoms with Crippen LogP contribution in [0, 0.1) is 5.82 Å². The van der Waals surface area contributed by atoms with Gasteiger partial charge in [-0.15, -0.1) is 0 Å². The van der Waals surface area contributed by atoms with Gasteiger partial charge in [-0.2, -0.15) is 5.10 Å². The molecule has 0 unspecified atom stereocenters. The summed E-state index contributed by atoms with van der Waals surface area (Å²) < 4.78 is 16.9. The maximum absolute atomic E-state index is 13.0. The Morgan fingerprint density at radius 3 is 2.75 bits per heavy atom. The Bertz CT molecular complexity index is 1320. The molecule has 0 aliphatic carbocycles. The third-order valence-electron chi connectivity index (χ3n) is 5.75. The van der Waals surface area contributed by atoms with E-state index in [9.17, 15) is 14.0 Å². The lowest BCUT2D eigenvalue weighted by molar-refractivity contribution is -0.124.